The van der Waals surface area contributed by atoms with Gasteiger partial charge in [0.05, 0.1) is 0 Å². The number of aliphatic hydroxyl groups is 1. The van der Waals surface area contributed by atoms with Gasteiger partial charge in [-0.3, -0.25) is 0 Å². The van der Waals surface area contributed by atoms with Gasteiger partial charge in [0, 0.05) is 26.2 Å². The van der Waals surface area contributed by atoms with Gasteiger partial charge in [0.2, 0.25) is 0 Å². The van der Waals surface area contributed by atoms with Crippen LogP contribution in [0, 0.1) is 17.3 Å². The normalized spacial score (nSPS) is 36.5. The van der Waals surface area contributed by atoms with Crippen molar-refractivity contribution in [3.05, 3.63) is 0 Å². The van der Waals surface area contributed by atoms with Gasteiger partial charge in [-0.05, 0) is 42.9 Å². The predicted molar refractivity (Wildman–Crippen MR) is 74.5 cm³/mol. The van der Waals surface area contributed by atoms with Crippen molar-refractivity contribution >= 4 is 0 Å². The van der Waals surface area contributed by atoms with Crippen molar-refractivity contribution in [3.8, 4) is 0 Å². The van der Waals surface area contributed by atoms with E-state index in [-0.39, 0.29) is 0 Å². The van der Waals surface area contributed by atoms with Gasteiger partial charge in [-0.2, -0.15) is 0 Å². The number of hydrogen-bond donors (Lipinski definition) is 1. The Morgan fingerprint density at radius 2 is 1.56 bits per heavy atom. The molecule has 2 atom stereocenters. The van der Waals surface area contributed by atoms with Crippen LogP contribution in [0.2, 0.25) is 0 Å². The molecule has 3 fully saturated rings. The molecular weight excluding hydrogens is 222 g/mol. The molecule has 2 unspecified atom stereocenters. The molecule has 104 valence electrons. The summed E-state index contributed by atoms with van der Waals surface area (Å²) < 4.78 is 0. The van der Waals surface area contributed by atoms with E-state index in [2.05, 4.69) is 4.90 Å². The highest BCUT2D eigenvalue weighted by atomic mass is 16.3. The lowest BCUT2D eigenvalue weighted by Crippen LogP contribution is -2.57. The maximum absolute atomic E-state index is 9.40. The molecular formula is C16H29NO. The lowest BCUT2D eigenvalue weighted by Gasteiger charge is -2.51. The van der Waals surface area contributed by atoms with Crippen LogP contribution in [0.5, 0.6) is 0 Å². The molecule has 18 heavy (non-hydrogen) atoms. The summed E-state index contributed by atoms with van der Waals surface area (Å²) in [4.78, 5) is 2.68. The molecule has 0 amide bonds. The van der Waals surface area contributed by atoms with Crippen LogP contribution in [0.25, 0.3) is 0 Å². The summed E-state index contributed by atoms with van der Waals surface area (Å²) in [6, 6.07) is 0. The molecule has 1 heterocycles. The summed E-state index contributed by atoms with van der Waals surface area (Å²) in [6.45, 7) is 4.42. The highest BCUT2D eigenvalue weighted by molar-refractivity contribution is 4.97. The summed E-state index contributed by atoms with van der Waals surface area (Å²) in [6.07, 6.45) is 12.8. The zero-order valence-corrected chi connectivity index (χ0v) is 11.7. The first kappa shape index (κ1) is 12.9. The van der Waals surface area contributed by atoms with Crippen LogP contribution >= 0.6 is 0 Å². The Morgan fingerprint density at radius 1 is 0.889 bits per heavy atom. The molecule has 2 heteroatoms. The Morgan fingerprint density at radius 3 is 2.22 bits per heavy atom. The molecule has 2 aliphatic carbocycles. The minimum absolute atomic E-state index is 0.420. The maximum Gasteiger partial charge on any atom is 0.0462 e. The molecule has 0 aromatic heterocycles. The summed E-state index contributed by atoms with van der Waals surface area (Å²) in [5.74, 6) is 1.40. The number of likely N-dealkylation sites (tertiary alicyclic amines) is 1. The fourth-order valence-corrected chi connectivity index (χ4v) is 4.75. The largest absolute Gasteiger partial charge is 0.396 e. The standard InChI is InChI=1S/C16H29NO/c18-11-15-7-5-6-14(15)10-17-12-16(13-17)8-3-1-2-4-9-16/h14-15,18H,1-13H2. The molecule has 3 rings (SSSR count). The Labute approximate surface area is 112 Å². The molecule has 1 N–H and O–H groups in total. The second-order valence-electron chi connectivity index (χ2n) is 7.22. The molecule has 0 bridgehead atoms. The highest BCUT2D eigenvalue weighted by Gasteiger charge is 2.43. The van der Waals surface area contributed by atoms with E-state index in [4.69, 9.17) is 0 Å². The molecule has 1 saturated heterocycles. The van der Waals surface area contributed by atoms with Crippen molar-refractivity contribution in [1.82, 2.24) is 4.90 Å². The third-order valence-corrected chi connectivity index (χ3v) is 5.83. The Hall–Kier alpha value is -0.0800. The topological polar surface area (TPSA) is 23.5 Å². The smallest absolute Gasteiger partial charge is 0.0462 e. The number of hydrogen-bond acceptors (Lipinski definition) is 2. The fraction of sp³-hybridized carbons (Fsp3) is 1.00. The van der Waals surface area contributed by atoms with E-state index in [9.17, 15) is 5.11 Å². The monoisotopic (exact) mass is 251 g/mol. The van der Waals surface area contributed by atoms with Gasteiger partial charge in [0.15, 0.2) is 0 Å². The summed E-state index contributed by atoms with van der Waals surface area (Å²) in [7, 11) is 0. The van der Waals surface area contributed by atoms with E-state index in [0.29, 0.717) is 17.9 Å². The lowest BCUT2D eigenvalue weighted by atomic mass is 9.73. The van der Waals surface area contributed by atoms with E-state index in [0.717, 1.165) is 5.92 Å². The Balaban J connectivity index is 1.46. The van der Waals surface area contributed by atoms with Crippen LogP contribution in [0.3, 0.4) is 0 Å². The summed E-state index contributed by atoms with van der Waals surface area (Å²) >= 11 is 0. The molecule has 0 radical (unpaired) electrons. The van der Waals surface area contributed by atoms with Crippen molar-refractivity contribution in [2.45, 2.75) is 57.8 Å². The zero-order chi connectivity index (χ0) is 12.4. The molecule has 2 nitrogen and oxygen atoms in total. The van der Waals surface area contributed by atoms with Crippen molar-refractivity contribution in [2.24, 2.45) is 17.3 Å². The Bertz CT molecular complexity index is 262. The van der Waals surface area contributed by atoms with E-state index < -0.39 is 0 Å². The van der Waals surface area contributed by atoms with Gasteiger partial charge in [-0.25, -0.2) is 0 Å². The second-order valence-corrected chi connectivity index (χ2v) is 7.22. The van der Waals surface area contributed by atoms with Crippen LogP contribution in [0.1, 0.15) is 57.8 Å². The van der Waals surface area contributed by atoms with E-state index >= 15 is 0 Å². The van der Waals surface area contributed by atoms with Crippen LogP contribution in [-0.2, 0) is 0 Å². The van der Waals surface area contributed by atoms with Crippen LogP contribution in [-0.4, -0.2) is 36.2 Å². The van der Waals surface area contributed by atoms with Crippen LogP contribution < -0.4 is 0 Å². The first-order valence-corrected chi connectivity index (χ1v) is 8.15. The lowest BCUT2D eigenvalue weighted by molar-refractivity contribution is -0.0268. The highest BCUT2D eigenvalue weighted by Crippen LogP contribution is 2.44. The van der Waals surface area contributed by atoms with Crippen LogP contribution in [0.15, 0.2) is 0 Å². The average Bonchev–Trinajstić information content (AvgIpc) is 2.63. The summed E-state index contributed by atoms with van der Waals surface area (Å²) in [5.41, 5.74) is 0.712. The van der Waals surface area contributed by atoms with Gasteiger partial charge in [-0.15, -0.1) is 0 Å². The quantitative estimate of drug-likeness (QED) is 0.833. The van der Waals surface area contributed by atoms with Gasteiger partial charge < -0.3 is 10.0 Å². The number of rotatable bonds is 3. The molecule has 3 aliphatic rings. The third kappa shape index (κ3) is 2.60. The third-order valence-electron chi connectivity index (χ3n) is 5.83. The zero-order valence-electron chi connectivity index (χ0n) is 11.7. The van der Waals surface area contributed by atoms with E-state index in [1.54, 1.807) is 0 Å². The van der Waals surface area contributed by atoms with Gasteiger partial charge in [0.25, 0.3) is 0 Å². The van der Waals surface area contributed by atoms with E-state index in [1.165, 1.54) is 77.4 Å². The second kappa shape index (κ2) is 5.50. The Kier molecular flexibility index (Phi) is 3.95. The molecule has 0 aromatic carbocycles. The molecule has 2 saturated carbocycles. The fourth-order valence-electron chi connectivity index (χ4n) is 4.75. The van der Waals surface area contributed by atoms with Gasteiger partial charge in [-0.1, -0.05) is 32.1 Å². The molecule has 1 spiro atoms. The summed E-state index contributed by atoms with van der Waals surface area (Å²) in [5, 5.41) is 9.40. The molecule has 1 aliphatic heterocycles. The number of nitrogens with zero attached hydrogens (tertiary/aromatic N) is 1. The molecule has 0 aromatic rings. The minimum Gasteiger partial charge on any atom is -0.396 e. The number of aliphatic hydroxyl groups excluding tert-OH is 1. The van der Waals surface area contributed by atoms with Crippen LogP contribution in [0.4, 0.5) is 0 Å². The predicted octanol–water partition coefficient (Wildman–Crippen LogP) is 3.05. The van der Waals surface area contributed by atoms with Gasteiger partial charge in [0.1, 0.15) is 0 Å². The van der Waals surface area contributed by atoms with Crippen molar-refractivity contribution in [2.75, 3.05) is 26.2 Å². The minimum atomic E-state index is 0.420. The first-order valence-electron chi connectivity index (χ1n) is 8.15. The maximum atomic E-state index is 9.40. The van der Waals surface area contributed by atoms with Gasteiger partial charge >= 0.3 is 0 Å². The van der Waals surface area contributed by atoms with Crippen molar-refractivity contribution < 1.29 is 5.11 Å². The first-order chi connectivity index (χ1) is 8.81. The van der Waals surface area contributed by atoms with Crippen molar-refractivity contribution in [3.63, 3.8) is 0 Å². The SMILES string of the molecule is OCC1CCCC1CN1CC2(CCCCCC2)C1. The van der Waals surface area contributed by atoms with Crippen molar-refractivity contribution in [1.29, 1.82) is 0 Å². The average molecular weight is 251 g/mol. The van der Waals surface area contributed by atoms with E-state index in [1.807, 2.05) is 0 Å².